The first-order valence-electron chi connectivity index (χ1n) is 9.09. The fourth-order valence-electron chi connectivity index (χ4n) is 3.56. The van der Waals surface area contributed by atoms with Gasteiger partial charge in [-0.25, -0.2) is 9.37 Å². The van der Waals surface area contributed by atoms with Gasteiger partial charge in [-0.15, -0.1) is 0 Å². The number of amides is 1. The molecule has 0 fully saturated rings. The fraction of sp³-hybridized carbons (Fsp3) is 0.0952. The van der Waals surface area contributed by atoms with Crippen LogP contribution in [0.3, 0.4) is 0 Å². The normalized spacial score (nSPS) is 12.9. The Morgan fingerprint density at radius 3 is 2.83 bits per heavy atom. The van der Waals surface area contributed by atoms with Gasteiger partial charge in [-0.3, -0.25) is 9.59 Å². The summed E-state index contributed by atoms with van der Waals surface area (Å²) in [6.45, 7) is 1.56. The molecule has 0 aliphatic carbocycles. The Bertz CT molecular complexity index is 1320. The van der Waals surface area contributed by atoms with Gasteiger partial charge in [0, 0.05) is 37.2 Å². The highest BCUT2D eigenvalue weighted by atomic mass is 19.1. The topological polar surface area (TPSA) is 103 Å². The number of benzene rings is 2. The number of nitrogens with one attached hydrogen (secondary N) is 4. The highest BCUT2D eigenvalue weighted by Gasteiger charge is 2.18. The fourth-order valence-corrected chi connectivity index (χ4v) is 3.56. The quantitative estimate of drug-likeness (QED) is 0.433. The lowest BCUT2D eigenvalue weighted by molar-refractivity contribution is 0.102. The van der Waals surface area contributed by atoms with Gasteiger partial charge in [-0.2, -0.15) is 0 Å². The first-order valence-corrected chi connectivity index (χ1v) is 9.09. The molecule has 0 bridgehead atoms. The number of carbonyl (C=O) groups excluding carboxylic acids is 1. The molecule has 2 aromatic heterocycles. The van der Waals surface area contributed by atoms with Crippen LogP contribution in [0.1, 0.15) is 21.5 Å². The molecule has 1 aliphatic heterocycles. The van der Waals surface area contributed by atoms with Gasteiger partial charge in [0.1, 0.15) is 17.2 Å². The number of aromatic amines is 2. The minimum Gasteiger partial charge on any atom is -0.367 e. The molecule has 144 valence electrons. The van der Waals surface area contributed by atoms with Crippen molar-refractivity contribution >= 4 is 22.6 Å². The molecular formula is C21H16FN5O2. The molecule has 1 amide bonds. The number of imidazole rings is 1. The molecule has 8 heteroatoms. The molecule has 4 N–H and O–H groups in total. The maximum atomic E-state index is 14.2. The number of pyridine rings is 1. The number of hydrogen-bond donors (Lipinski definition) is 4. The maximum absolute atomic E-state index is 14.2. The Morgan fingerprint density at radius 1 is 1.10 bits per heavy atom. The number of rotatable bonds is 3. The average Bonchev–Trinajstić information content (AvgIpc) is 3.33. The Balaban J connectivity index is 1.54. The summed E-state index contributed by atoms with van der Waals surface area (Å²) < 4.78 is 14.2. The Labute approximate surface area is 164 Å². The monoisotopic (exact) mass is 389 g/mol. The van der Waals surface area contributed by atoms with Crippen molar-refractivity contribution in [3.05, 3.63) is 81.5 Å². The lowest BCUT2D eigenvalue weighted by atomic mass is 10.1. The van der Waals surface area contributed by atoms with Crippen LogP contribution in [0, 0.1) is 5.82 Å². The summed E-state index contributed by atoms with van der Waals surface area (Å²) in [6, 6.07) is 9.45. The number of halogens is 1. The molecule has 0 radical (unpaired) electrons. The number of H-pyrrole nitrogens is 2. The van der Waals surface area contributed by atoms with E-state index in [1.165, 1.54) is 30.1 Å². The van der Waals surface area contributed by atoms with Crippen molar-refractivity contribution in [1.29, 1.82) is 0 Å². The summed E-state index contributed by atoms with van der Waals surface area (Å²) >= 11 is 0. The Morgan fingerprint density at radius 2 is 1.97 bits per heavy atom. The van der Waals surface area contributed by atoms with Crippen LogP contribution in [0.15, 0.2) is 53.6 Å². The number of carbonyl (C=O) groups is 1. The second kappa shape index (κ2) is 6.68. The smallest absolute Gasteiger partial charge is 0.258 e. The van der Waals surface area contributed by atoms with E-state index < -0.39 is 11.7 Å². The highest BCUT2D eigenvalue weighted by Crippen LogP contribution is 2.25. The number of aromatic nitrogens is 3. The van der Waals surface area contributed by atoms with Crippen LogP contribution >= 0.6 is 0 Å². The van der Waals surface area contributed by atoms with E-state index >= 15 is 0 Å². The number of hydrogen-bond acceptors (Lipinski definition) is 4. The van der Waals surface area contributed by atoms with E-state index in [0.29, 0.717) is 22.3 Å². The zero-order valence-electron chi connectivity index (χ0n) is 15.2. The van der Waals surface area contributed by atoms with Gasteiger partial charge in [-0.1, -0.05) is 6.07 Å². The molecule has 2 aromatic carbocycles. The van der Waals surface area contributed by atoms with E-state index in [1.54, 1.807) is 0 Å². The van der Waals surface area contributed by atoms with Gasteiger partial charge in [0.05, 0.1) is 16.6 Å². The molecule has 4 aromatic rings. The lowest BCUT2D eigenvalue weighted by Gasteiger charge is -2.08. The van der Waals surface area contributed by atoms with Gasteiger partial charge in [-0.05, 0) is 35.4 Å². The van der Waals surface area contributed by atoms with Crippen LogP contribution in [-0.2, 0) is 13.1 Å². The number of fused-ring (bicyclic) bond motifs is 2. The Hall–Kier alpha value is -3.78. The van der Waals surface area contributed by atoms with E-state index in [4.69, 9.17) is 0 Å². The van der Waals surface area contributed by atoms with Crippen molar-refractivity contribution in [3.63, 3.8) is 0 Å². The summed E-state index contributed by atoms with van der Waals surface area (Å²) in [4.78, 5) is 35.1. The molecule has 5 rings (SSSR count). The summed E-state index contributed by atoms with van der Waals surface area (Å²) in [5.41, 5.74) is 3.75. The van der Waals surface area contributed by atoms with Crippen molar-refractivity contribution in [2.24, 2.45) is 0 Å². The maximum Gasteiger partial charge on any atom is 0.258 e. The summed E-state index contributed by atoms with van der Waals surface area (Å²) in [5, 5.41) is 6.06. The van der Waals surface area contributed by atoms with Gasteiger partial charge < -0.3 is 20.6 Å². The zero-order chi connectivity index (χ0) is 20.0. The predicted octanol–water partition coefficient (Wildman–Crippen LogP) is 2.91. The van der Waals surface area contributed by atoms with Crippen molar-refractivity contribution in [1.82, 2.24) is 20.3 Å². The van der Waals surface area contributed by atoms with Gasteiger partial charge >= 0.3 is 0 Å². The number of nitrogens with zero attached hydrogens (tertiary/aromatic N) is 1. The van der Waals surface area contributed by atoms with Crippen LogP contribution in [0.5, 0.6) is 0 Å². The van der Waals surface area contributed by atoms with Gasteiger partial charge in [0.15, 0.2) is 5.43 Å². The van der Waals surface area contributed by atoms with E-state index in [1.807, 2.05) is 18.2 Å². The van der Waals surface area contributed by atoms with Crippen LogP contribution in [0.4, 0.5) is 10.1 Å². The molecule has 7 nitrogen and oxygen atoms in total. The highest BCUT2D eigenvalue weighted by molar-refractivity contribution is 6.11. The SMILES string of the molecule is O=C(Nc1ccc2c(c1)CNC2)c1cc(F)cc2[nH]c(-c3c[nH]ccc3=O)nc12. The van der Waals surface area contributed by atoms with Crippen LogP contribution in [-0.4, -0.2) is 20.9 Å². The minimum atomic E-state index is -0.571. The zero-order valence-corrected chi connectivity index (χ0v) is 15.2. The third kappa shape index (κ3) is 3.09. The van der Waals surface area contributed by atoms with Crippen LogP contribution in [0.25, 0.3) is 22.4 Å². The summed E-state index contributed by atoms with van der Waals surface area (Å²) in [6.07, 6.45) is 3.02. The van der Waals surface area contributed by atoms with E-state index in [0.717, 1.165) is 24.7 Å². The molecular weight excluding hydrogens is 373 g/mol. The van der Waals surface area contributed by atoms with Crippen LogP contribution < -0.4 is 16.1 Å². The second-order valence-corrected chi connectivity index (χ2v) is 6.90. The molecule has 0 saturated carbocycles. The summed E-state index contributed by atoms with van der Waals surface area (Å²) in [7, 11) is 0. The molecule has 0 unspecified atom stereocenters. The average molecular weight is 389 g/mol. The number of anilines is 1. The first-order chi connectivity index (χ1) is 14.1. The third-order valence-corrected chi connectivity index (χ3v) is 4.97. The molecule has 0 spiro atoms. The molecule has 0 atom stereocenters. The van der Waals surface area contributed by atoms with Crippen molar-refractivity contribution in [2.75, 3.05) is 5.32 Å². The van der Waals surface area contributed by atoms with Crippen molar-refractivity contribution < 1.29 is 9.18 Å². The Kier molecular flexibility index (Phi) is 3.99. The molecule has 29 heavy (non-hydrogen) atoms. The lowest BCUT2D eigenvalue weighted by Crippen LogP contribution is -2.13. The van der Waals surface area contributed by atoms with E-state index in [2.05, 4.69) is 25.6 Å². The second-order valence-electron chi connectivity index (χ2n) is 6.90. The molecule has 0 saturated heterocycles. The van der Waals surface area contributed by atoms with Gasteiger partial charge in [0.25, 0.3) is 5.91 Å². The van der Waals surface area contributed by atoms with Crippen LogP contribution in [0.2, 0.25) is 0 Å². The molecule has 1 aliphatic rings. The van der Waals surface area contributed by atoms with E-state index in [9.17, 15) is 14.0 Å². The standard InChI is InChI=1S/C21H16FN5O2/c22-13-6-15(21(29)25-14-2-1-11-8-24-9-12(11)5-14)19-17(7-13)26-20(27-19)16-10-23-4-3-18(16)28/h1-7,10,24H,8-9H2,(H,23,28)(H,25,29)(H,26,27). The molecule has 3 heterocycles. The third-order valence-electron chi connectivity index (χ3n) is 4.97. The minimum absolute atomic E-state index is 0.0912. The predicted molar refractivity (Wildman–Crippen MR) is 107 cm³/mol. The first kappa shape index (κ1) is 17.3. The van der Waals surface area contributed by atoms with E-state index in [-0.39, 0.29) is 16.8 Å². The largest absolute Gasteiger partial charge is 0.367 e. The van der Waals surface area contributed by atoms with Crippen molar-refractivity contribution in [2.45, 2.75) is 13.1 Å². The van der Waals surface area contributed by atoms with Crippen molar-refractivity contribution in [3.8, 4) is 11.4 Å². The van der Waals surface area contributed by atoms with Gasteiger partial charge in [0.2, 0.25) is 0 Å². The summed E-state index contributed by atoms with van der Waals surface area (Å²) in [5.74, 6) is -0.775.